The fourth-order valence-corrected chi connectivity index (χ4v) is 5.07. The summed E-state index contributed by atoms with van der Waals surface area (Å²) in [7, 11) is -4.13. The third-order valence-electron chi connectivity index (χ3n) is 4.98. The zero-order chi connectivity index (χ0) is 22.8. The van der Waals surface area contributed by atoms with Crippen molar-refractivity contribution in [2.45, 2.75) is 31.3 Å². The van der Waals surface area contributed by atoms with Crippen molar-refractivity contribution < 1.29 is 22.8 Å². The molecule has 31 heavy (non-hydrogen) atoms. The van der Waals surface area contributed by atoms with Crippen LogP contribution in [0.3, 0.4) is 0 Å². The molecule has 0 saturated carbocycles. The smallest absolute Gasteiger partial charge is 0.269 e. The van der Waals surface area contributed by atoms with E-state index in [2.05, 4.69) is 21.2 Å². The first kappa shape index (κ1) is 23.0. The number of carbonyl (C=O) groups excluding carboxylic acids is 3. The number of carbonyl (C=O) groups is 3. The van der Waals surface area contributed by atoms with Gasteiger partial charge in [0, 0.05) is 17.6 Å². The van der Waals surface area contributed by atoms with E-state index in [-0.39, 0.29) is 22.9 Å². The molecule has 3 amide bonds. The van der Waals surface area contributed by atoms with Gasteiger partial charge in [0.25, 0.3) is 15.9 Å². The van der Waals surface area contributed by atoms with Gasteiger partial charge in [0.1, 0.15) is 17.5 Å². The Kier molecular flexibility index (Phi) is 6.80. The summed E-state index contributed by atoms with van der Waals surface area (Å²) in [4.78, 5) is 39.4. The monoisotopic (exact) mass is 507 g/mol. The quantitative estimate of drug-likeness (QED) is 0.618. The third-order valence-corrected chi connectivity index (χ3v) is 7.29. The fraction of sp³-hybridized carbons (Fsp3) is 0.286. The van der Waals surface area contributed by atoms with E-state index >= 15 is 0 Å². The van der Waals surface area contributed by atoms with E-state index in [0.29, 0.717) is 10.8 Å². The minimum absolute atomic E-state index is 0.0338. The molecule has 2 aromatic carbocycles. The van der Waals surface area contributed by atoms with Gasteiger partial charge in [0.2, 0.25) is 11.8 Å². The van der Waals surface area contributed by atoms with Crippen molar-refractivity contribution >= 4 is 43.7 Å². The van der Waals surface area contributed by atoms with Crippen LogP contribution < -0.4 is 5.32 Å². The van der Waals surface area contributed by atoms with Gasteiger partial charge in [-0.25, -0.2) is 12.7 Å². The van der Waals surface area contributed by atoms with Gasteiger partial charge in [0.15, 0.2) is 0 Å². The maximum absolute atomic E-state index is 13.2. The molecule has 10 heteroatoms. The van der Waals surface area contributed by atoms with Crippen LogP contribution in [-0.2, 0) is 26.2 Å². The molecule has 164 valence electrons. The Labute approximate surface area is 189 Å². The lowest BCUT2D eigenvalue weighted by Crippen LogP contribution is -2.51. The molecule has 1 unspecified atom stereocenters. The molecule has 0 fully saturated rings. The number of likely N-dealkylation sites (N-methyl/N-ethyl adjacent to an activating group) is 1. The second-order valence-electron chi connectivity index (χ2n) is 7.03. The van der Waals surface area contributed by atoms with Crippen molar-refractivity contribution in [3.05, 3.63) is 64.1 Å². The number of rotatable bonds is 7. The topological polar surface area (TPSA) is 104 Å². The van der Waals surface area contributed by atoms with Crippen LogP contribution in [0.15, 0.2) is 57.9 Å². The molecule has 1 heterocycles. The van der Waals surface area contributed by atoms with Gasteiger partial charge in [-0.15, -0.1) is 0 Å². The number of halogens is 1. The second kappa shape index (κ2) is 9.19. The van der Waals surface area contributed by atoms with Crippen LogP contribution >= 0.6 is 15.9 Å². The minimum atomic E-state index is -4.13. The minimum Gasteiger partial charge on any atom is -0.355 e. The average molecular weight is 508 g/mol. The molecular formula is C21H22BrN3O5S. The number of hydrogen-bond donors (Lipinski definition) is 1. The first-order valence-electron chi connectivity index (χ1n) is 9.64. The van der Waals surface area contributed by atoms with Crippen LogP contribution in [-0.4, -0.2) is 54.5 Å². The van der Waals surface area contributed by atoms with Crippen molar-refractivity contribution in [2.75, 3.05) is 13.1 Å². The van der Waals surface area contributed by atoms with Gasteiger partial charge in [-0.3, -0.25) is 14.4 Å². The largest absolute Gasteiger partial charge is 0.355 e. The highest BCUT2D eigenvalue weighted by atomic mass is 79.9. The molecule has 1 aliphatic heterocycles. The van der Waals surface area contributed by atoms with Gasteiger partial charge in [-0.05, 0) is 43.7 Å². The summed E-state index contributed by atoms with van der Waals surface area (Å²) >= 11 is 3.35. The Bertz CT molecular complexity index is 1120. The third kappa shape index (κ3) is 4.64. The van der Waals surface area contributed by atoms with Gasteiger partial charge in [-0.1, -0.05) is 40.2 Å². The predicted octanol–water partition coefficient (Wildman–Crippen LogP) is 2.15. The van der Waals surface area contributed by atoms with Crippen LogP contribution in [0.25, 0.3) is 0 Å². The second-order valence-corrected chi connectivity index (χ2v) is 9.78. The highest BCUT2D eigenvalue weighted by Crippen LogP contribution is 2.30. The van der Waals surface area contributed by atoms with E-state index in [1.165, 1.54) is 23.1 Å². The number of sulfonamides is 1. The number of benzene rings is 2. The van der Waals surface area contributed by atoms with Crippen LogP contribution in [0.4, 0.5) is 0 Å². The molecule has 1 N–H and O–H groups in total. The van der Waals surface area contributed by atoms with Crippen LogP contribution in [0.1, 0.15) is 29.8 Å². The van der Waals surface area contributed by atoms with Crippen molar-refractivity contribution in [1.82, 2.24) is 14.5 Å². The molecule has 0 saturated heterocycles. The number of nitrogens with zero attached hydrogens (tertiary/aromatic N) is 2. The van der Waals surface area contributed by atoms with Gasteiger partial charge in [0.05, 0.1) is 5.56 Å². The first-order valence-corrected chi connectivity index (χ1v) is 11.9. The van der Waals surface area contributed by atoms with Gasteiger partial charge >= 0.3 is 0 Å². The molecule has 0 radical (unpaired) electrons. The molecule has 0 aliphatic carbocycles. The van der Waals surface area contributed by atoms with Crippen molar-refractivity contribution in [3.8, 4) is 0 Å². The fourth-order valence-electron chi connectivity index (χ4n) is 3.29. The van der Waals surface area contributed by atoms with Crippen molar-refractivity contribution in [2.24, 2.45) is 0 Å². The summed E-state index contributed by atoms with van der Waals surface area (Å²) in [5.41, 5.74) is 0.790. The van der Waals surface area contributed by atoms with Crippen molar-refractivity contribution in [3.63, 3.8) is 0 Å². The summed E-state index contributed by atoms with van der Waals surface area (Å²) in [6, 6.07) is 12.2. The predicted molar refractivity (Wildman–Crippen MR) is 118 cm³/mol. The summed E-state index contributed by atoms with van der Waals surface area (Å²) in [5, 5.41) is 2.67. The van der Waals surface area contributed by atoms with E-state index in [1.807, 2.05) is 0 Å². The Morgan fingerprint density at radius 2 is 1.77 bits per heavy atom. The zero-order valence-electron chi connectivity index (χ0n) is 17.0. The summed E-state index contributed by atoms with van der Waals surface area (Å²) in [5.74, 6) is -1.77. The Morgan fingerprint density at radius 3 is 2.39 bits per heavy atom. The maximum atomic E-state index is 13.2. The van der Waals surface area contributed by atoms with Crippen LogP contribution in [0, 0.1) is 0 Å². The zero-order valence-corrected chi connectivity index (χ0v) is 19.4. The van der Waals surface area contributed by atoms with Gasteiger partial charge in [-0.2, -0.15) is 0 Å². The average Bonchev–Trinajstić information content (AvgIpc) is 2.94. The highest BCUT2D eigenvalue weighted by Gasteiger charge is 2.43. The summed E-state index contributed by atoms with van der Waals surface area (Å²) in [6.45, 7) is 3.11. The van der Waals surface area contributed by atoms with Gasteiger partial charge < -0.3 is 10.2 Å². The standard InChI is InChI=1S/C21H22BrN3O5S/c1-3-23-20(27)14(2)24(12-15-8-10-16(22)11-9-15)19(26)13-25-21(28)17-6-4-5-7-18(17)31(25,29)30/h4-11,14H,3,12-13H2,1-2H3,(H,23,27). The number of fused-ring (bicyclic) bond motifs is 1. The van der Waals surface area contributed by atoms with E-state index in [0.717, 1.165) is 10.0 Å². The lowest BCUT2D eigenvalue weighted by Gasteiger charge is -2.30. The Hall–Kier alpha value is -2.72. The summed E-state index contributed by atoms with van der Waals surface area (Å²) in [6.07, 6.45) is 0. The molecule has 3 rings (SSSR count). The lowest BCUT2D eigenvalue weighted by atomic mass is 10.1. The molecular weight excluding hydrogens is 486 g/mol. The molecule has 0 bridgehead atoms. The molecule has 1 aliphatic rings. The number of amides is 3. The maximum Gasteiger partial charge on any atom is 0.269 e. The first-order chi connectivity index (χ1) is 14.7. The highest BCUT2D eigenvalue weighted by molar-refractivity contribution is 9.10. The van der Waals surface area contributed by atoms with Crippen LogP contribution in [0.5, 0.6) is 0 Å². The van der Waals surface area contributed by atoms with E-state index in [1.54, 1.807) is 44.2 Å². The van der Waals surface area contributed by atoms with E-state index in [9.17, 15) is 22.8 Å². The van der Waals surface area contributed by atoms with Crippen molar-refractivity contribution in [1.29, 1.82) is 0 Å². The molecule has 0 spiro atoms. The van der Waals surface area contributed by atoms with E-state index < -0.39 is 34.4 Å². The number of hydrogen-bond acceptors (Lipinski definition) is 5. The lowest BCUT2D eigenvalue weighted by molar-refractivity contribution is -0.140. The molecule has 8 nitrogen and oxygen atoms in total. The SMILES string of the molecule is CCNC(=O)C(C)N(Cc1ccc(Br)cc1)C(=O)CN1C(=O)c2ccccc2S1(=O)=O. The molecule has 1 atom stereocenters. The Morgan fingerprint density at radius 1 is 1.13 bits per heavy atom. The summed E-state index contributed by atoms with van der Waals surface area (Å²) < 4.78 is 27.0. The molecule has 0 aromatic heterocycles. The van der Waals surface area contributed by atoms with Crippen LogP contribution in [0.2, 0.25) is 0 Å². The molecule has 2 aromatic rings. The normalized spacial score (nSPS) is 15.3. The Balaban J connectivity index is 1.88. The number of nitrogens with one attached hydrogen (secondary N) is 1. The van der Waals surface area contributed by atoms with E-state index in [4.69, 9.17) is 0 Å².